The molecule has 1 fully saturated rings. The minimum atomic E-state index is -0.717. The summed E-state index contributed by atoms with van der Waals surface area (Å²) in [6.45, 7) is 3.65. The average Bonchev–Trinajstić information content (AvgIpc) is 3.20. The Kier molecular flexibility index (Phi) is 14.6. The molecule has 0 saturated carbocycles. The number of carbonyl (C=O) groups is 1. The fourth-order valence-electron chi connectivity index (χ4n) is 6.19. The molecule has 0 bridgehead atoms. The second-order valence-corrected chi connectivity index (χ2v) is 15.1. The van der Waals surface area contributed by atoms with Crippen LogP contribution in [0, 0.1) is 0 Å². The Labute approximate surface area is 313 Å². The van der Waals surface area contributed by atoms with Gasteiger partial charge in [0.2, 0.25) is 0 Å². The molecule has 1 heterocycles. The van der Waals surface area contributed by atoms with E-state index in [1.165, 1.54) is 0 Å². The van der Waals surface area contributed by atoms with E-state index in [0.717, 1.165) is 26.7 Å². The van der Waals surface area contributed by atoms with Gasteiger partial charge in [0, 0.05) is 0 Å². The van der Waals surface area contributed by atoms with Crippen molar-refractivity contribution in [3.05, 3.63) is 174 Å². The standard InChI is InChI=1S/C44H46O7Se/c1-2-47-44(45)43(52-37-26-16-7-17-27-37)42-41(50-31-36-24-14-6-15-25-36)40(49-30-35-22-12-5-13-23-35)39(48-29-34-20-10-4-11-21-34)38(51-42)32-46-28-33-18-8-3-9-19-33/h3-27,38-43H,2,28-32H2,1H3/t38-,39-,40+,41+,42-,43+/m1/s1. The summed E-state index contributed by atoms with van der Waals surface area (Å²) in [6.07, 6.45) is -3.21. The van der Waals surface area contributed by atoms with Gasteiger partial charge in [0.25, 0.3) is 0 Å². The van der Waals surface area contributed by atoms with E-state index in [-0.39, 0.29) is 34.1 Å². The molecule has 1 aliphatic rings. The molecule has 7 nitrogen and oxygen atoms in total. The van der Waals surface area contributed by atoms with Gasteiger partial charge >= 0.3 is 314 Å². The van der Waals surface area contributed by atoms with Crippen LogP contribution in [0.15, 0.2) is 152 Å². The SMILES string of the molecule is CCOC(=O)[C@@H]([Se]c1ccccc1)[C@@H]1O[C@H](COCc2ccccc2)[C@@H](OCc2ccccc2)[C@H](OCc2ccccc2)[C@@H]1OCc1ccccc1. The van der Waals surface area contributed by atoms with E-state index in [1.54, 1.807) is 0 Å². The first kappa shape index (κ1) is 37.6. The van der Waals surface area contributed by atoms with Gasteiger partial charge in [-0.1, -0.05) is 0 Å². The van der Waals surface area contributed by atoms with Gasteiger partial charge in [-0.2, -0.15) is 0 Å². The van der Waals surface area contributed by atoms with Gasteiger partial charge in [0.1, 0.15) is 0 Å². The van der Waals surface area contributed by atoms with E-state index in [9.17, 15) is 4.79 Å². The van der Waals surface area contributed by atoms with Crippen LogP contribution < -0.4 is 4.46 Å². The molecule has 0 aliphatic carbocycles. The Hall–Kier alpha value is -4.11. The summed E-state index contributed by atoms with van der Waals surface area (Å²) < 4.78 is 40.8. The summed E-state index contributed by atoms with van der Waals surface area (Å²) in [6, 6.07) is 50.2. The second-order valence-electron chi connectivity index (χ2n) is 12.5. The van der Waals surface area contributed by atoms with Gasteiger partial charge in [-0.3, -0.25) is 0 Å². The van der Waals surface area contributed by atoms with Crippen molar-refractivity contribution in [3.63, 3.8) is 0 Å². The van der Waals surface area contributed by atoms with Gasteiger partial charge in [-0.05, 0) is 0 Å². The third-order valence-electron chi connectivity index (χ3n) is 8.74. The fourth-order valence-corrected chi connectivity index (χ4v) is 8.55. The van der Waals surface area contributed by atoms with Gasteiger partial charge in [0.15, 0.2) is 0 Å². The Morgan fingerprint density at radius 2 is 1.00 bits per heavy atom. The van der Waals surface area contributed by atoms with Crippen molar-refractivity contribution in [2.45, 2.75) is 68.7 Å². The van der Waals surface area contributed by atoms with Crippen LogP contribution in [0.5, 0.6) is 0 Å². The van der Waals surface area contributed by atoms with Crippen molar-refractivity contribution in [1.29, 1.82) is 0 Å². The van der Waals surface area contributed by atoms with Gasteiger partial charge in [-0.15, -0.1) is 0 Å². The number of hydrogen-bond donors (Lipinski definition) is 0. The maximum atomic E-state index is 14.0. The molecule has 1 saturated heterocycles. The molecule has 0 aromatic heterocycles. The summed E-state index contributed by atoms with van der Waals surface area (Å²) in [5.74, 6) is -0.320. The molecule has 1 aliphatic heterocycles. The van der Waals surface area contributed by atoms with E-state index >= 15 is 0 Å². The monoisotopic (exact) mass is 766 g/mol. The van der Waals surface area contributed by atoms with Gasteiger partial charge in [0.05, 0.1) is 0 Å². The first-order chi connectivity index (χ1) is 25.7. The van der Waals surface area contributed by atoms with Crippen LogP contribution >= 0.6 is 0 Å². The zero-order chi connectivity index (χ0) is 35.8. The topological polar surface area (TPSA) is 72.5 Å². The van der Waals surface area contributed by atoms with Crippen molar-refractivity contribution < 1.29 is 33.2 Å². The molecular weight excluding hydrogens is 719 g/mol. The number of benzene rings is 5. The predicted octanol–water partition coefficient (Wildman–Crippen LogP) is 7.11. The molecule has 6 rings (SSSR count). The first-order valence-corrected chi connectivity index (χ1v) is 19.6. The number of esters is 1. The summed E-state index contributed by atoms with van der Waals surface area (Å²) in [5.41, 5.74) is 4.09. The summed E-state index contributed by atoms with van der Waals surface area (Å²) in [4.78, 5) is 13.4. The third kappa shape index (κ3) is 11.0. The Morgan fingerprint density at radius 1 is 0.577 bits per heavy atom. The van der Waals surface area contributed by atoms with Crippen molar-refractivity contribution in [1.82, 2.24) is 0 Å². The van der Waals surface area contributed by atoms with E-state index in [1.807, 2.05) is 159 Å². The van der Waals surface area contributed by atoms with Crippen LogP contribution in [0.2, 0.25) is 4.82 Å². The minimum absolute atomic E-state index is 0.218. The Balaban J connectivity index is 1.39. The average molecular weight is 766 g/mol. The third-order valence-corrected chi connectivity index (χ3v) is 11.4. The number of hydrogen-bond acceptors (Lipinski definition) is 7. The molecule has 0 spiro atoms. The van der Waals surface area contributed by atoms with Gasteiger partial charge < -0.3 is 0 Å². The Morgan fingerprint density at radius 3 is 1.48 bits per heavy atom. The predicted molar refractivity (Wildman–Crippen MR) is 202 cm³/mol. The summed E-state index contributed by atoms with van der Waals surface area (Å²) in [5, 5.41) is 0. The number of rotatable bonds is 18. The molecule has 0 amide bonds. The van der Waals surface area contributed by atoms with E-state index in [2.05, 4.69) is 0 Å². The van der Waals surface area contributed by atoms with Crippen LogP contribution in [0.1, 0.15) is 29.2 Å². The molecule has 270 valence electrons. The zero-order valence-corrected chi connectivity index (χ0v) is 31.1. The molecule has 0 N–H and O–H groups in total. The molecule has 0 unspecified atom stereocenters. The van der Waals surface area contributed by atoms with Crippen LogP contribution in [0.4, 0.5) is 0 Å². The maximum absolute atomic E-state index is 14.0. The molecular formula is C44H46O7Se. The number of carbonyl (C=O) groups excluding carboxylic acids is 1. The number of ether oxygens (including phenoxy) is 6. The van der Waals surface area contributed by atoms with Crippen LogP contribution in [0.3, 0.4) is 0 Å². The van der Waals surface area contributed by atoms with Crippen molar-refractivity contribution in [2.24, 2.45) is 0 Å². The van der Waals surface area contributed by atoms with Crippen molar-refractivity contribution in [3.8, 4) is 0 Å². The summed E-state index contributed by atoms with van der Waals surface area (Å²) in [7, 11) is 0. The fraction of sp³-hybridized carbons (Fsp3) is 0.295. The van der Waals surface area contributed by atoms with E-state index in [0.29, 0.717) is 26.4 Å². The van der Waals surface area contributed by atoms with Crippen LogP contribution in [0.25, 0.3) is 0 Å². The summed E-state index contributed by atoms with van der Waals surface area (Å²) >= 11 is -0.357. The van der Waals surface area contributed by atoms with Crippen molar-refractivity contribution in [2.75, 3.05) is 13.2 Å². The van der Waals surface area contributed by atoms with E-state index < -0.39 is 35.3 Å². The van der Waals surface area contributed by atoms with Crippen LogP contribution in [-0.2, 0) is 59.6 Å². The quantitative estimate of drug-likeness (QED) is 0.0696. The molecule has 6 atom stereocenters. The zero-order valence-electron chi connectivity index (χ0n) is 29.4. The van der Waals surface area contributed by atoms with Crippen molar-refractivity contribution >= 4 is 25.4 Å². The molecule has 0 radical (unpaired) electrons. The van der Waals surface area contributed by atoms with Crippen LogP contribution in [-0.4, -0.2) is 64.7 Å². The molecule has 52 heavy (non-hydrogen) atoms. The van der Waals surface area contributed by atoms with E-state index in [4.69, 9.17) is 28.4 Å². The van der Waals surface area contributed by atoms with Gasteiger partial charge in [-0.25, -0.2) is 0 Å². The second kappa shape index (κ2) is 20.2. The molecule has 5 aromatic rings. The molecule has 5 aromatic carbocycles. The Bertz CT molecular complexity index is 1730. The normalized spacial score (nSPS) is 20.6. The molecule has 8 heteroatoms. The first-order valence-electron chi connectivity index (χ1n) is 17.8.